The Hall–Kier alpha value is -2.37. The number of carboxylic acid groups (broad SMARTS) is 1. The van der Waals surface area contributed by atoms with Gasteiger partial charge in [-0.2, -0.15) is 0 Å². The lowest BCUT2D eigenvalue weighted by molar-refractivity contribution is -0.141. The van der Waals surface area contributed by atoms with Crippen molar-refractivity contribution in [1.82, 2.24) is 5.32 Å². The molecule has 2 N–H and O–H groups in total. The molecule has 0 fully saturated rings. The van der Waals surface area contributed by atoms with Crippen LogP contribution in [0.1, 0.15) is 51.0 Å². The van der Waals surface area contributed by atoms with Crippen LogP contribution in [-0.4, -0.2) is 36.0 Å². The number of hydrogen-bond acceptors (Lipinski definition) is 3. The molecule has 0 bridgehead atoms. The van der Waals surface area contributed by atoms with Gasteiger partial charge in [-0.15, -0.1) is 0 Å². The molecule has 26 heavy (non-hydrogen) atoms. The highest BCUT2D eigenvalue weighted by molar-refractivity contribution is 5.94. The fraction of sp³-hybridized carbons (Fsp3) is 0.550. The minimum absolute atomic E-state index is 0.0520. The average Bonchev–Trinajstić information content (AvgIpc) is 2.63. The Bertz CT molecular complexity index is 632. The number of fused-ring (bicyclic) bond motifs is 1. The highest BCUT2D eigenvalue weighted by Gasteiger charge is 2.27. The zero-order chi connectivity index (χ0) is 18.9. The van der Waals surface area contributed by atoms with Gasteiger partial charge in [0, 0.05) is 18.7 Å². The van der Waals surface area contributed by atoms with Crippen molar-refractivity contribution in [1.29, 1.82) is 0 Å². The van der Waals surface area contributed by atoms with Gasteiger partial charge in [-0.1, -0.05) is 44.4 Å². The zero-order valence-corrected chi connectivity index (χ0v) is 15.3. The van der Waals surface area contributed by atoms with Crippen molar-refractivity contribution in [3.05, 3.63) is 29.8 Å². The largest absolute Gasteiger partial charge is 0.481 e. The Labute approximate surface area is 154 Å². The number of carbonyl (C=O) groups excluding carboxylic acids is 2. The third kappa shape index (κ3) is 5.58. The van der Waals surface area contributed by atoms with E-state index in [9.17, 15) is 14.4 Å². The summed E-state index contributed by atoms with van der Waals surface area (Å²) in [5, 5.41) is 11.7. The van der Waals surface area contributed by atoms with Crippen LogP contribution in [0.25, 0.3) is 0 Å². The normalized spacial score (nSPS) is 17.3. The summed E-state index contributed by atoms with van der Waals surface area (Å²) in [5.41, 5.74) is 2.02. The van der Waals surface area contributed by atoms with Gasteiger partial charge < -0.3 is 15.3 Å². The van der Waals surface area contributed by atoms with Crippen LogP contribution in [0, 0.1) is 5.92 Å². The van der Waals surface area contributed by atoms with Gasteiger partial charge in [-0.25, -0.2) is 0 Å². The van der Waals surface area contributed by atoms with E-state index in [1.54, 1.807) is 11.8 Å². The molecule has 0 aliphatic carbocycles. The first-order valence-corrected chi connectivity index (χ1v) is 9.33. The van der Waals surface area contributed by atoms with Crippen molar-refractivity contribution in [3.63, 3.8) is 0 Å². The molecular formula is C20H28N2O4. The van der Waals surface area contributed by atoms with Gasteiger partial charge in [0.25, 0.3) is 0 Å². The second kappa shape index (κ2) is 9.94. The summed E-state index contributed by atoms with van der Waals surface area (Å²) in [7, 11) is 0. The number of aliphatic carboxylic acids is 1. The molecule has 0 saturated carbocycles. The van der Waals surface area contributed by atoms with Crippen LogP contribution >= 0.6 is 0 Å². The summed E-state index contributed by atoms with van der Waals surface area (Å²) in [4.78, 5) is 36.0. The Morgan fingerprint density at radius 1 is 1.27 bits per heavy atom. The fourth-order valence-electron chi connectivity index (χ4n) is 3.38. The van der Waals surface area contributed by atoms with Gasteiger partial charge in [0.1, 0.15) is 0 Å². The minimum Gasteiger partial charge on any atom is -0.481 e. The van der Waals surface area contributed by atoms with Gasteiger partial charge in [-0.3, -0.25) is 14.4 Å². The smallest absolute Gasteiger partial charge is 0.306 e. The van der Waals surface area contributed by atoms with Crippen LogP contribution in [0.2, 0.25) is 0 Å². The molecule has 2 rings (SSSR count). The second-order valence-corrected chi connectivity index (χ2v) is 7.01. The summed E-state index contributed by atoms with van der Waals surface area (Å²) >= 11 is 0. The van der Waals surface area contributed by atoms with Crippen LogP contribution in [0.3, 0.4) is 0 Å². The summed E-state index contributed by atoms with van der Waals surface area (Å²) in [5.74, 6) is -0.972. The molecule has 1 aliphatic heterocycles. The molecule has 142 valence electrons. The number of nitrogens with zero attached hydrogens (tertiary/aromatic N) is 1. The predicted molar refractivity (Wildman–Crippen MR) is 100.0 cm³/mol. The van der Waals surface area contributed by atoms with E-state index in [-0.39, 0.29) is 17.9 Å². The number of carbonyl (C=O) groups is 3. The lowest BCUT2D eigenvalue weighted by atomic mass is 9.97. The third-order valence-corrected chi connectivity index (χ3v) is 4.96. The van der Waals surface area contributed by atoms with Crippen molar-refractivity contribution in [2.24, 2.45) is 5.92 Å². The zero-order valence-electron chi connectivity index (χ0n) is 15.3. The Kier molecular flexibility index (Phi) is 7.63. The van der Waals surface area contributed by atoms with E-state index in [1.165, 1.54) is 0 Å². The van der Waals surface area contributed by atoms with E-state index in [1.807, 2.05) is 24.3 Å². The summed E-state index contributed by atoms with van der Waals surface area (Å²) in [6.45, 7) is 2.23. The lowest BCUT2D eigenvalue weighted by Gasteiger charge is -2.34. The molecule has 0 aromatic heterocycles. The second-order valence-electron chi connectivity index (χ2n) is 7.01. The number of rotatable bonds is 10. The highest BCUT2D eigenvalue weighted by atomic mass is 16.4. The lowest BCUT2D eigenvalue weighted by Crippen LogP contribution is -2.48. The molecule has 2 unspecified atom stereocenters. The van der Waals surface area contributed by atoms with Gasteiger partial charge in [-0.05, 0) is 30.9 Å². The number of anilines is 1. The van der Waals surface area contributed by atoms with Gasteiger partial charge >= 0.3 is 5.97 Å². The number of amides is 2. The minimum atomic E-state index is -0.748. The summed E-state index contributed by atoms with van der Waals surface area (Å²) in [6.07, 6.45) is 6.11. The number of unbranched alkanes of at least 4 members (excludes halogenated alkanes) is 3. The van der Waals surface area contributed by atoms with Crippen molar-refractivity contribution in [2.45, 2.75) is 57.9 Å². The number of benzene rings is 1. The third-order valence-electron chi connectivity index (χ3n) is 4.96. The molecule has 2 atom stereocenters. The Morgan fingerprint density at radius 2 is 2.00 bits per heavy atom. The van der Waals surface area contributed by atoms with Crippen LogP contribution in [0.15, 0.2) is 24.3 Å². The van der Waals surface area contributed by atoms with Crippen molar-refractivity contribution >= 4 is 24.0 Å². The summed E-state index contributed by atoms with van der Waals surface area (Å²) in [6, 6.07) is 7.78. The standard InChI is InChI=1S/C20H28N2O4/c1-15(20(25)26)8-4-2-3-5-11-19(24)22-13-17(21-14-23)12-16-9-6-7-10-18(16)22/h6-7,9-10,14-15,17H,2-5,8,11-13H2,1H3,(H,21,23)(H,25,26). The van der Waals surface area contributed by atoms with Crippen molar-refractivity contribution in [3.8, 4) is 0 Å². The number of para-hydroxylation sites is 1. The first kappa shape index (κ1) is 19.9. The van der Waals surface area contributed by atoms with Crippen molar-refractivity contribution < 1.29 is 19.5 Å². The van der Waals surface area contributed by atoms with E-state index in [0.717, 1.165) is 43.4 Å². The number of hydrogen-bond donors (Lipinski definition) is 2. The van der Waals surface area contributed by atoms with E-state index >= 15 is 0 Å². The molecule has 2 amide bonds. The SMILES string of the molecule is CC(CCCCCCC(=O)N1CC(NC=O)Cc2ccccc21)C(=O)O. The van der Waals surface area contributed by atoms with E-state index in [4.69, 9.17) is 5.11 Å². The molecule has 6 heteroatoms. The first-order valence-electron chi connectivity index (χ1n) is 9.33. The van der Waals surface area contributed by atoms with E-state index in [2.05, 4.69) is 5.32 Å². The fourth-order valence-corrected chi connectivity index (χ4v) is 3.38. The predicted octanol–water partition coefficient (Wildman–Crippen LogP) is 2.75. The van der Waals surface area contributed by atoms with Gasteiger partial charge in [0.05, 0.1) is 12.0 Å². The van der Waals surface area contributed by atoms with Crippen molar-refractivity contribution in [2.75, 3.05) is 11.4 Å². The number of nitrogens with one attached hydrogen (secondary N) is 1. The molecule has 1 heterocycles. The van der Waals surface area contributed by atoms with E-state index in [0.29, 0.717) is 25.8 Å². The first-order chi connectivity index (χ1) is 12.5. The maximum atomic E-state index is 12.7. The summed E-state index contributed by atoms with van der Waals surface area (Å²) < 4.78 is 0. The maximum Gasteiger partial charge on any atom is 0.306 e. The quantitative estimate of drug-likeness (QED) is 0.496. The molecule has 0 radical (unpaired) electrons. The molecular weight excluding hydrogens is 332 g/mol. The van der Waals surface area contributed by atoms with Gasteiger partial charge in [0.15, 0.2) is 0 Å². The Morgan fingerprint density at radius 3 is 2.73 bits per heavy atom. The molecule has 1 aromatic rings. The van der Waals surface area contributed by atoms with Gasteiger partial charge in [0.2, 0.25) is 12.3 Å². The van der Waals surface area contributed by atoms with Crippen LogP contribution in [0.4, 0.5) is 5.69 Å². The average molecular weight is 360 g/mol. The molecule has 0 spiro atoms. The molecule has 0 saturated heterocycles. The maximum absolute atomic E-state index is 12.7. The molecule has 1 aliphatic rings. The number of carboxylic acids is 1. The molecule has 6 nitrogen and oxygen atoms in total. The van der Waals surface area contributed by atoms with E-state index < -0.39 is 5.97 Å². The molecule has 1 aromatic carbocycles. The topological polar surface area (TPSA) is 86.7 Å². The van der Waals surface area contributed by atoms with Crippen LogP contribution in [-0.2, 0) is 20.8 Å². The monoisotopic (exact) mass is 360 g/mol. The Balaban J connectivity index is 1.81. The highest BCUT2D eigenvalue weighted by Crippen LogP contribution is 2.27. The van der Waals surface area contributed by atoms with Crippen LogP contribution < -0.4 is 10.2 Å². The van der Waals surface area contributed by atoms with Crippen LogP contribution in [0.5, 0.6) is 0 Å².